The predicted octanol–water partition coefficient (Wildman–Crippen LogP) is 4.69. The third kappa shape index (κ3) is 2.63. The highest BCUT2D eigenvalue weighted by Crippen LogP contribution is 2.37. The first-order chi connectivity index (χ1) is 11.4. The summed E-state index contributed by atoms with van der Waals surface area (Å²) in [7, 11) is 1.89. The Bertz CT molecular complexity index is 926. The number of carbonyl (C=O) groups excluding carboxylic acids is 1. The smallest absolute Gasteiger partial charge is 0.340 e. The Kier molecular flexibility index (Phi) is 4.24. The van der Waals surface area contributed by atoms with Crippen LogP contribution >= 0.6 is 11.6 Å². The van der Waals surface area contributed by atoms with Crippen LogP contribution < -0.4 is 0 Å². The van der Waals surface area contributed by atoms with Crippen molar-refractivity contribution in [2.45, 2.75) is 13.8 Å². The normalized spacial score (nSPS) is 11.0. The monoisotopic (exact) mass is 343 g/mol. The standard InChI is InChI=1S/C19H18ClNO3/c1-4-24-19(23)18-11(2)21(3)16-9-14(17(22)10-15(16)18)12-5-7-13(20)8-6-12/h5-10,22H,4H2,1-3H3. The van der Waals surface area contributed by atoms with Crippen LogP contribution in [0.15, 0.2) is 36.4 Å². The number of aromatic hydroxyl groups is 1. The van der Waals surface area contributed by atoms with Gasteiger partial charge in [0.2, 0.25) is 0 Å². The maximum atomic E-state index is 12.3. The van der Waals surface area contributed by atoms with Crippen LogP contribution in [0.5, 0.6) is 5.75 Å². The Balaban J connectivity index is 2.24. The molecule has 3 aromatic rings. The van der Waals surface area contributed by atoms with Gasteiger partial charge in [-0.05, 0) is 43.7 Å². The van der Waals surface area contributed by atoms with E-state index in [-0.39, 0.29) is 11.7 Å². The molecule has 0 amide bonds. The van der Waals surface area contributed by atoms with E-state index in [1.54, 1.807) is 25.1 Å². The second kappa shape index (κ2) is 6.21. The molecule has 3 rings (SSSR count). The fourth-order valence-corrected chi connectivity index (χ4v) is 3.05. The molecule has 24 heavy (non-hydrogen) atoms. The number of ether oxygens (including phenoxy) is 1. The number of halogens is 1. The number of aryl methyl sites for hydroxylation is 1. The maximum absolute atomic E-state index is 12.3. The van der Waals surface area contributed by atoms with Gasteiger partial charge in [0.15, 0.2) is 0 Å². The molecule has 0 aliphatic rings. The van der Waals surface area contributed by atoms with E-state index in [2.05, 4.69) is 0 Å². The summed E-state index contributed by atoms with van der Waals surface area (Å²) in [5, 5.41) is 11.8. The van der Waals surface area contributed by atoms with Gasteiger partial charge in [-0.3, -0.25) is 0 Å². The third-order valence-corrected chi connectivity index (χ3v) is 4.50. The number of nitrogens with zero attached hydrogens (tertiary/aromatic N) is 1. The molecule has 0 spiro atoms. The lowest BCUT2D eigenvalue weighted by atomic mass is 10.0. The summed E-state index contributed by atoms with van der Waals surface area (Å²) in [6.07, 6.45) is 0. The SMILES string of the molecule is CCOC(=O)c1c(C)n(C)c2cc(-c3ccc(Cl)cc3)c(O)cc12. The Labute approximate surface area is 145 Å². The van der Waals surface area contributed by atoms with E-state index in [0.29, 0.717) is 28.1 Å². The van der Waals surface area contributed by atoms with Gasteiger partial charge in [0.1, 0.15) is 5.75 Å². The molecule has 1 aromatic heterocycles. The average molecular weight is 344 g/mol. The van der Waals surface area contributed by atoms with Crippen molar-refractivity contribution in [3.63, 3.8) is 0 Å². The van der Waals surface area contributed by atoms with Crippen LogP contribution in [0, 0.1) is 6.92 Å². The first-order valence-corrected chi connectivity index (χ1v) is 8.07. The summed E-state index contributed by atoms with van der Waals surface area (Å²) >= 11 is 5.93. The number of phenolic OH excluding ortho intramolecular Hbond substituents is 1. The number of hydrogen-bond donors (Lipinski definition) is 1. The first kappa shape index (κ1) is 16.4. The van der Waals surface area contributed by atoms with Gasteiger partial charge in [-0.1, -0.05) is 23.7 Å². The summed E-state index contributed by atoms with van der Waals surface area (Å²) in [4.78, 5) is 12.3. The number of aromatic nitrogens is 1. The van der Waals surface area contributed by atoms with Crippen molar-refractivity contribution in [1.29, 1.82) is 0 Å². The lowest BCUT2D eigenvalue weighted by Crippen LogP contribution is -2.06. The van der Waals surface area contributed by atoms with Crippen molar-refractivity contribution >= 4 is 28.5 Å². The van der Waals surface area contributed by atoms with E-state index >= 15 is 0 Å². The number of esters is 1. The highest BCUT2D eigenvalue weighted by Gasteiger charge is 2.21. The molecule has 5 heteroatoms. The molecule has 0 bridgehead atoms. The minimum absolute atomic E-state index is 0.112. The number of carbonyl (C=O) groups is 1. The quantitative estimate of drug-likeness (QED) is 0.702. The number of benzene rings is 2. The summed E-state index contributed by atoms with van der Waals surface area (Å²) in [6, 6.07) is 10.8. The molecule has 0 unspecified atom stereocenters. The van der Waals surface area contributed by atoms with Crippen LogP contribution in [-0.4, -0.2) is 22.2 Å². The average Bonchev–Trinajstić information content (AvgIpc) is 2.79. The van der Waals surface area contributed by atoms with E-state index in [4.69, 9.17) is 16.3 Å². The van der Waals surface area contributed by atoms with Gasteiger partial charge in [-0.15, -0.1) is 0 Å². The van der Waals surface area contributed by atoms with Gasteiger partial charge in [0.05, 0.1) is 12.2 Å². The van der Waals surface area contributed by atoms with Crippen LogP contribution in [0.4, 0.5) is 0 Å². The van der Waals surface area contributed by atoms with Gasteiger partial charge >= 0.3 is 5.97 Å². The van der Waals surface area contributed by atoms with Gasteiger partial charge in [-0.2, -0.15) is 0 Å². The summed E-state index contributed by atoms with van der Waals surface area (Å²) in [5.41, 5.74) is 3.70. The van der Waals surface area contributed by atoms with E-state index in [9.17, 15) is 9.90 Å². The van der Waals surface area contributed by atoms with Crippen LogP contribution in [0.25, 0.3) is 22.0 Å². The van der Waals surface area contributed by atoms with Gasteiger partial charge in [0, 0.05) is 34.2 Å². The Morgan fingerprint density at radius 3 is 2.54 bits per heavy atom. The Hall–Kier alpha value is -2.46. The number of hydrogen-bond acceptors (Lipinski definition) is 3. The summed E-state index contributed by atoms with van der Waals surface area (Å²) in [5.74, 6) is -0.264. The molecule has 124 valence electrons. The molecule has 4 nitrogen and oxygen atoms in total. The molecule has 2 aromatic carbocycles. The molecular formula is C19H18ClNO3. The Morgan fingerprint density at radius 1 is 1.25 bits per heavy atom. The van der Waals surface area contributed by atoms with Crippen molar-refractivity contribution in [3.05, 3.63) is 52.7 Å². The maximum Gasteiger partial charge on any atom is 0.340 e. The molecule has 0 fully saturated rings. The first-order valence-electron chi connectivity index (χ1n) is 7.69. The fraction of sp³-hybridized carbons (Fsp3) is 0.211. The second-order valence-corrected chi connectivity index (χ2v) is 6.07. The molecule has 1 heterocycles. The second-order valence-electron chi connectivity index (χ2n) is 5.63. The summed E-state index contributed by atoms with van der Waals surface area (Å²) in [6.45, 7) is 3.95. The fourth-order valence-electron chi connectivity index (χ4n) is 2.92. The lowest BCUT2D eigenvalue weighted by Gasteiger charge is -2.07. The zero-order chi connectivity index (χ0) is 17.4. The number of fused-ring (bicyclic) bond motifs is 1. The number of rotatable bonds is 3. The molecule has 0 atom stereocenters. The largest absolute Gasteiger partial charge is 0.507 e. The molecule has 0 saturated heterocycles. The molecule has 0 aliphatic carbocycles. The van der Waals surface area contributed by atoms with Crippen LogP contribution in [0.1, 0.15) is 23.0 Å². The van der Waals surface area contributed by atoms with Crippen molar-refractivity contribution in [2.75, 3.05) is 6.61 Å². The van der Waals surface area contributed by atoms with E-state index in [0.717, 1.165) is 16.8 Å². The van der Waals surface area contributed by atoms with Gasteiger partial charge in [-0.25, -0.2) is 4.79 Å². The van der Waals surface area contributed by atoms with Crippen molar-refractivity contribution in [3.8, 4) is 16.9 Å². The highest BCUT2D eigenvalue weighted by molar-refractivity contribution is 6.30. The Morgan fingerprint density at radius 2 is 1.92 bits per heavy atom. The van der Waals surface area contributed by atoms with Gasteiger partial charge in [0.25, 0.3) is 0 Å². The molecule has 0 aliphatic heterocycles. The zero-order valence-corrected chi connectivity index (χ0v) is 14.5. The van der Waals surface area contributed by atoms with Crippen molar-refractivity contribution in [2.24, 2.45) is 7.05 Å². The zero-order valence-electron chi connectivity index (χ0n) is 13.8. The van der Waals surface area contributed by atoms with Crippen LogP contribution in [0.2, 0.25) is 5.02 Å². The van der Waals surface area contributed by atoms with E-state index in [1.807, 2.05) is 36.7 Å². The third-order valence-electron chi connectivity index (χ3n) is 4.24. The van der Waals surface area contributed by atoms with E-state index < -0.39 is 0 Å². The molecule has 1 N–H and O–H groups in total. The van der Waals surface area contributed by atoms with Crippen molar-refractivity contribution < 1.29 is 14.6 Å². The number of phenols is 1. The van der Waals surface area contributed by atoms with Crippen LogP contribution in [-0.2, 0) is 11.8 Å². The lowest BCUT2D eigenvalue weighted by molar-refractivity contribution is 0.0527. The molecular weight excluding hydrogens is 326 g/mol. The van der Waals surface area contributed by atoms with E-state index in [1.165, 1.54) is 0 Å². The predicted molar refractivity (Wildman–Crippen MR) is 95.7 cm³/mol. The van der Waals surface area contributed by atoms with Crippen LogP contribution in [0.3, 0.4) is 0 Å². The molecule has 0 radical (unpaired) electrons. The molecule has 0 saturated carbocycles. The summed E-state index contributed by atoms with van der Waals surface area (Å²) < 4.78 is 7.08. The minimum Gasteiger partial charge on any atom is -0.507 e. The van der Waals surface area contributed by atoms with Crippen molar-refractivity contribution in [1.82, 2.24) is 4.57 Å². The van der Waals surface area contributed by atoms with Gasteiger partial charge < -0.3 is 14.4 Å². The topological polar surface area (TPSA) is 51.5 Å². The minimum atomic E-state index is -0.376. The highest BCUT2D eigenvalue weighted by atomic mass is 35.5.